The summed E-state index contributed by atoms with van der Waals surface area (Å²) in [5.74, 6) is 4.57. The van der Waals surface area contributed by atoms with Gasteiger partial charge in [-0.15, -0.1) is 0 Å². The van der Waals surface area contributed by atoms with Crippen LogP contribution in [0.4, 0.5) is 0 Å². The first-order chi connectivity index (χ1) is 31.5. The summed E-state index contributed by atoms with van der Waals surface area (Å²) in [6.45, 7) is 7.12. The molecular weight excluding hydrogens is 803 g/mol. The largest absolute Gasteiger partial charge is 0.489 e. The number of carbonyl (C=O) groups is 1. The van der Waals surface area contributed by atoms with E-state index in [1.807, 2.05) is 84.9 Å². The summed E-state index contributed by atoms with van der Waals surface area (Å²) in [4.78, 5) is 14.0. The lowest BCUT2D eigenvalue weighted by Crippen LogP contribution is -2.38. The maximum Gasteiger partial charge on any atom is 0.233 e. The van der Waals surface area contributed by atoms with Gasteiger partial charge in [-0.05, 0) is 146 Å². The standard InChI is InChI=1S/C22H28N2O2.C19H23NO.C15H17NO.B/c1-23-22(25)16-24(15-19-10-11-19)13-12-18-8-5-9-21(14-18)26-17-20-6-3-2-4-7-20;1-2-5-18(6-3-1)15-21-19-8-4-7-16(13-19)11-12-20-14-17-9-10-17;16-10-9-13-7-4-8-15(11-13)17-12-14-5-2-1-3-6-14;/h2-9,14,19H,10-13,15-17H2,1H3,(H,23,25);1-8,13,17,20H,9-12,14-15H2;1-8,11H,9-10,12,16H2;. The summed E-state index contributed by atoms with van der Waals surface area (Å²) < 4.78 is 17.5. The highest BCUT2D eigenvalue weighted by atomic mass is 16.5. The Hall–Kier alpha value is -5.87. The van der Waals surface area contributed by atoms with E-state index >= 15 is 0 Å². The van der Waals surface area contributed by atoms with Crippen molar-refractivity contribution < 1.29 is 19.0 Å². The monoisotopic (exact) mass is 872 g/mol. The van der Waals surface area contributed by atoms with Gasteiger partial charge in [-0.2, -0.15) is 0 Å². The van der Waals surface area contributed by atoms with E-state index in [0.717, 1.165) is 68.0 Å². The summed E-state index contributed by atoms with van der Waals surface area (Å²) in [5, 5.41) is 6.26. The van der Waals surface area contributed by atoms with Gasteiger partial charge in [0, 0.05) is 28.6 Å². The zero-order valence-electron chi connectivity index (χ0n) is 38.3. The van der Waals surface area contributed by atoms with Crippen LogP contribution in [0.5, 0.6) is 17.2 Å². The normalized spacial score (nSPS) is 12.7. The van der Waals surface area contributed by atoms with Gasteiger partial charge in [0.15, 0.2) is 0 Å². The van der Waals surface area contributed by atoms with Gasteiger partial charge in [0.25, 0.3) is 0 Å². The number of nitrogens with zero attached hydrogens (tertiary/aromatic N) is 1. The lowest BCUT2D eigenvalue weighted by molar-refractivity contribution is -0.121. The molecule has 2 saturated carbocycles. The van der Waals surface area contributed by atoms with E-state index in [9.17, 15) is 4.79 Å². The second kappa shape index (κ2) is 28.8. The molecule has 2 aliphatic carbocycles. The van der Waals surface area contributed by atoms with Gasteiger partial charge >= 0.3 is 0 Å². The van der Waals surface area contributed by atoms with Crippen LogP contribution in [0.25, 0.3) is 0 Å². The minimum atomic E-state index is 0. The van der Waals surface area contributed by atoms with Crippen molar-refractivity contribution in [3.8, 4) is 17.2 Å². The van der Waals surface area contributed by atoms with E-state index in [1.54, 1.807) is 7.05 Å². The van der Waals surface area contributed by atoms with Gasteiger partial charge in [0.1, 0.15) is 37.1 Å². The van der Waals surface area contributed by atoms with Crippen LogP contribution in [0.15, 0.2) is 164 Å². The predicted octanol–water partition coefficient (Wildman–Crippen LogP) is 9.46. The zero-order valence-corrected chi connectivity index (χ0v) is 38.3. The SMILES string of the molecule is CNC(=O)CN(CCc1cccc(OCc2ccccc2)c1)CC1CC1.NCCc1cccc(OCc2ccccc2)c1.[B].c1ccc(COc2cccc(CCNCC3CC3)c2)cc1. The molecule has 6 aromatic carbocycles. The maximum absolute atomic E-state index is 11.7. The highest BCUT2D eigenvalue weighted by Crippen LogP contribution is 2.30. The molecule has 0 heterocycles. The molecule has 8 nitrogen and oxygen atoms in total. The van der Waals surface area contributed by atoms with Gasteiger partial charge in [-0.1, -0.05) is 127 Å². The lowest BCUT2D eigenvalue weighted by atomic mass is 10.1. The smallest absolute Gasteiger partial charge is 0.233 e. The third-order valence-electron chi connectivity index (χ3n) is 11.2. The fraction of sp³-hybridized carbons (Fsp3) is 0.339. The molecule has 2 aliphatic rings. The Balaban J connectivity index is 0.000000186. The molecule has 0 atom stereocenters. The Morgan fingerprint density at radius 1 is 0.554 bits per heavy atom. The first kappa shape index (κ1) is 50.1. The van der Waals surface area contributed by atoms with Crippen LogP contribution in [-0.4, -0.2) is 65.5 Å². The number of carbonyl (C=O) groups excluding carboxylic acids is 1. The number of likely N-dealkylation sites (N-methyl/N-ethyl adjacent to an activating group) is 1. The summed E-state index contributed by atoms with van der Waals surface area (Å²) in [5.41, 5.74) is 12.9. The quantitative estimate of drug-likeness (QED) is 0.0436. The van der Waals surface area contributed by atoms with E-state index in [4.69, 9.17) is 19.9 Å². The number of benzene rings is 6. The highest BCUT2D eigenvalue weighted by molar-refractivity contribution is 5.77. The molecule has 6 aromatic rings. The number of amides is 1. The fourth-order valence-corrected chi connectivity index (χ4v) is 7.09. The molecule has 0 saturated heterocycles. The van der Waals surface area contributed by atoms with Gasteiger partial charge < -0.3 is 30.6 Å². The minimum Gasteiger partial charge on any atom is -0.489 e. The Morgan fingerprint density at radius 3 is 1.38 bits per heavy atom. The first-order valence-corrected chi connectivity index (χ1v) is 23.1. The molecular formula is C56H68BN4O4. The summed E-state index contributed by atoms with van der Waals surface area (Å²) >= 11 is 0. The summed E-state index contributed by atoms with van der Waals surface area (Å²) in [6, 6.07) is 55.5. The molecule has 4 N–H and O–H groups in total. The van der Waals surface area contributed by atoms with Crippen molar-refractivity contribution in [1.29, 1.82) is 0 Å². The van der Waals surface area contributed by atoms with Gasteiger partial charge in [-0.3, -0.25) is 9.69 Å². The van der Waals surface area contributed by atoms with Gasteiger partial charge in [0.05, 0.1) is 6.54 Å². The van der Waals surface area contributed by atoms with Crippen molar-refractivity contribution in [3.05, 3.63) is 197 Å². The molecule has 0 aliphatic heterocycles. The molecule has 0 unspecified atom stereocenters. The number of nitrogens with one attached hydrogen (secondary N) is 2. The van der Waals surface area contributed by atoms with Gasteiger partial charge in [0.2, 0.25) is 5.91 Å². The zero-order chi connectivity index (χ0) is 44.4. The van der Waals surface area contributed by atoms with E-state index in [2.05, 4.69) is 94.4 Å². The first-order valence-electron chi connectivity index (χ1n) is 23.1. The average molecular weight is 872 g/mol. The number of ether oxygens (including phenoxy) is 3. The maximum atomic E-state index is 11.7. The molecule has 0 spiro atoms. The number of hydrogen-bond donors (Lipinski definition) is 3. The predicted molar refractivity (Wildman–Crippen MR) is 266 cm³/mol. The van der Waals surface area contributed by atoms with Crippen LogP contribution in [0.2, 0.25) is 0 Å². The number of hydrogen-bond acceptors (Lipinski definition) is 7. The molecule has 339 valence electrons. The van der Waals surface area contributed by atoms with Crippen molar-refractivity contribution >= 4 is 14.3 Å². The highest BCUT2D eigenvalue weighted by Gasteiger charge is 2.25. The van der Waals surface area contributed by atoms with Crippen LogP contribution in [0, 0.1) is 11.8 Å². The minimum absolute atomic E-state index is 0. The van der Waals surface area contributed by atoms with E-state index in [-0.39, 0.29) is 14.3 Å². The second-order valence-electron chi connectivity index (χ2n) is 16.8. The topological polar surface area (TPSA) is 98.1 Å². The van der Waals surface area contributed by atoms with Crippen LogP contribution < -0.4 is 30.6 Å². The Kier molecular flexibility index (Phi) is 22.2. The third kappa shape index (κ3) is 20.7. The Morgan fingerprint density at radius 2 is 0.969 bits per heavy atom. The van der Waals surface area contributed by atoms with Crippen molar-refractivity contribution in [3.63, 3.8) is 0 Å². The summed E-state index contributed by atoms with van der Waals surface area (Å²) in [6.07, 6.45) is 8.30. The van der Waals surface area contributed by atoms with Crippen LogP contribution in [-0.2, 0) is 43.9 Å². The van der Waals surface area contributed by atoms with Crippen LogP contribution >= 0.6 is 0 Å². The molecule has 1 amide bonds. The van der Waals surface area contributed by atoms with E-state index in [1.165, 1.54) is 65.6 Å². The fourth-order valence-electron chi connectivity index (χ4n) is 7.09. The Bertz CT molecular complexity index is 2200. The molecule has 9 heteroatoms. The lowest BCUT2D eigenvalue weighted by Gasteiger charge is -2.21. The number of rotatable bonds is 23. The van der Waals surface area contributed by atoms with Gasteiger partial charge in [-0.25, -0.2) is 0 Å². The van der Waals surface area contributed by atoms with E-state index < -0.39 is 0 Å². The molecule has 65 heavy (non-hydrogen) atoms. The van der Waals surface area contributed by atoms with E-state index in [0.29, 0.717) is 32.9 Å². The summed E-state index contributed by atoms with van der Waals surface area (Å²) in [7, 11) is 1.70. The van der Waals surface area contributed by atoms with Crippen molar-refractivity contribution in [2.24, 2.45) is 17.6 Å². The van der Waals surface area contributed by atoms with Crippen molar-refractivity contribution in [1.82, 2.24) is 15.5 Å². The molecule has 0 bridgehead atoms. The molecule has 2 fully saturated rings. The van der Waals surface area contributed by atoms with Crippen LogP contribution in [0.1, 0.15) is 59.1 Å². The second-order valence-corrected chi connectivity index (χ2v) is 16.8. The third-order valence-corrected chi connectivity index (χ3v) is 11.2. The average Bonchev–Trinajstić information content (AvgIpc) is 4.30. The number of nitrogens with two attached hydrogens (primary N) is 1. The van der Waals surface area contributed by atoms with Crippen molar-refractivity contribution in [2.75, 3.05) is 46.3 Å². The molecule has 0 aromatic heterocycles. The van der Waals surface area contributed by atoms with Crippen molar-refractivity contribution in [2.45, 2.75) is 64.8 Å². The molecule has 8 rings (SSSR count). The Labute approximate surface area is 390 Å². The molecule has 3 radical (unpaired) electrons. The van der Waals surface area contributed by atoms with Crippen LogP contribution in [0.3, 0.4) is 0 Å².